The number of amidine groups is 1. The molecule has 3 aromatic carbocycles. The minimum Gasteiger partial charge on any atom is -0.452 e. The SMILES string of the molecule is CCOCC(=O)OCS/C(=N\c1c(C)cccc1C)N/N=C/c1ccc(-c2ncn(-c3ccc(OC(F)(F)F)cc3)n2)cc1. The van der Waals surface area contributed by atoms with E-state index in [1.54, 1.807) is 13.1 Å². The van der Waals surface area contributed by atoms with Crippen molar-refractivity contribution in [2.24, 2.45) is 10.1 Å². The Balaban J connectivity index is 1.40. The summed E-state index contributed by atoms with van der Waals surface area (Å²) >= 11 is 1.18. The van der Waals surface area contributed by atoms with Crippen LogP contribution in [0.4, 0.5) is 18.9 Å². The van der Waals surface area contributed by atoms with Gasteiger partial charge in [-0.05, 0) is 73.5 Å². The van der Waals surface area contributed by atoms with Crippen LogP contribution in [0, 0.1) is 13.8 Å². The number of nitrogens with zero attached hydrogens (tertiary/aromatic N) is 5. The summed E-state index contributed by atoms with van der Waals surface area (Å²) in [4.78, 5) is 20.8. The third kappa shape index (κ3) is 9.67. The van der Waals surface area contributed by atoms with E-state index >= 15 is 0 Å². The molecule has 1 N–H and O–H groups in total. The van der Waals surface area contributed by atoms with E-state index < -0.39 is 12.3 Å². The molecule has 0 atom stereocenters. The van der Waals surface area contributed by atoms with Gasteiger partial charge in [0, 0.05) is 12.2 Å². The maximum atomic E-state index is 12.4. The van der Waals surface area contributed by atoms with Crippen LogP contribution in [0.2, 0.25) is 0 Å². The van der Waals surface area contributed by atoms with Crippen molar-refractivity contribution >= 4 is 34.8 Å². The number of rotatable bonds is 11. The predicted octanol–water partition coefficient (Wildman–Crippen LogP) is 6.33. The number of carbonyl (C=O) groups is 1. The molecule has 0 aliphatic heterocycles. The van der Waals surface area contributed by atoms with Crippen LogP contribution in [-0.2, 0) is 14.3 Å². The van der Waals surface area contributed by atoms with Gasteiger partial charge in [0.05, 0.1) is 17.6 Å². The van der Waals surface area contributed by atoms with Gasteiger partial charge in [-0.2, -0.15) is 5.10 Å². The Morgan fingerprint density at radius 3 is 2.41 bits per heavy atom. The first-order valence-corrected chi connectivity index (χ1v) is 14.3. The number of nitrogens with one attached hydrogen (secondary N) is 1. The van der Waals surface area contributed by atoms with E-state index in [9.17, 15) is 18.0 Å². The summed E-state index contributed by atoms with van der Waals surface area (Å²) in [5.74, 6) is -0.336. The summed E-state index contributed by atoms with van der Waals surface area (Å²) in [5, 5.41) is 9.17. The number of benzene rings is 3. The van der Waals surface area contributed by atoms with Crippen molar-refractivity contribution in [3.63, 3.8) is 0 Å². The van der Waals surface area contributed by atoms with E-state index in [2.05, 4.69) is 25.3 Å². The fraction of sp³-hybridized carbons (Fsp3) is 0.233. The molecule has 0 spiro atoms. The van der Waals surface area contributed by atoms with Gasteiger partial charge in [0.2, 0.25) is 0 Å². The first-order valence-electron chi connectivity index (χ1n) is 13.3. The number of thioether (sulfide) groups is 1. The molecule has 230 valence electrons. The molecule has 0 amide bonds. The first kappa shape index (κ1) is 32.2. The lowest BCUT2D eigenvalue weighted by Gasteiger charge is -2.09. The Hall–Kier alpha value is -4.69. The van der Waals surface area contributed by atoms with Crippen LogP contribution in [0.1, 0.15) is 23.6 Å². The predicted molar refractivity (Wildman–Crippen MR) is 162 cm³/mol. The van der Waals surface area contributed by atoms with Crippen LogP contribution in [-0.4, -0.2) is 57.6 Å². The number of ether oxygens (including phenoxy) is 3. The molecule has 0 saturated carbocycles. The second kappa shape index (κ2) is 15.2. The van der Waals surface area contributed by atoms with Crippen molar-refractivity contribution < 1.29 is 32.2 Å². The molecule has 4 aromatic rings. The Kier molecular flexibility index (Phi) is 11.1. The smallest absolute Gasteiger partial charge is 0.452 e. The van der Waals surface area contributed by atoms with Crippen LogP contribution < -0.4 is 10.2 Å². The molecule has 0 bridgehead atoms. The Morgan fingerprint density at radius 1 is 1.05 bits per heavy atom. The average molecular weight is 627 g/mol. The summed E-state index contributed by atoms with van der Waals surface area (Å²) in [6.07, 6.45) is -1.68. The van der Waals surface area contributed by atoms with Gasteiger partial charge < -0.3 is 14.2 Å². The van der Waals surface area contributed by atoms with Gasteiger partial charge in [-0.15, -0.1) is 18.3 Å². The summed E-state index contributed by atoms with van der Waals surface area (Å²) in [6.45, 7) is 6.01. The normalized spacial score (nSPS) is 12.0. The number of aliphatic imine (C=N–C) groups is 1. The number of alkyl halides is 3. The van der Waals surface area contributed by atoms with E-state index in [0.29, 0.717) is 23.3 Å². The minimum absolute atomic E-state index is 0.0258. The van der Waals surface area contributed by atoms with Crippen LogP contribution in [0.3, 0.4) is 0 Å². The van der Waals surface area contributed by atoms with Crippen LogP contribution in [0.15, 0.2) is 83.2 Å². The highest BCUT2D eigenvalue weighted by molar-refractivity contribution is 8.13. The quantitative estimate of drug-likeness (QED) is 0.0676. The second-order valence-corrected chi connectivity index (χ2v) is 10.0. The summed E-state index contributed by atoms with van der Waals surface area (Å²) in [5.41, 5.74) is 7.73. The second-order valence-electron chi connectivity index (χ2n) is 9.12. The van der Waals surface area contributed by atoms with Gasteiger partial charge in [0.1, 0.15) is 24.6 Å². The topological polar surface area (TPSA) is 112 Å². The van der Waals surface area contributed by atoms with E-state index in [-0.39, 0.29) is 18.3 Å². The van der Waals surface area contributed by atoms with Crippen molar-refractivity contribution in [3.05, 3.63) is 89.7 Å². The molecule has 0 radical (unpaired) electrons. The Morgan fingerprint density at radius 2 is 1.75 bits per heavy atom. The van der Waals surface area contributed by atoms with Crippen molar-refractivity contribution in [1.29, 1.82) is 0 Å². The van der Waals surface area contributed by atoms with E-state index in [0.717, 1.165) is 27.9 Å². The number of hydrazone groups is 1. The number of aryl methyl sites for hydroxylation is 2. The highest BCUT2D eigenvalue weighted by atomic mass is 32.2. The molecule has 4 rings (SSSR count). The lowest BCUT2D eigenvalue weighted by Crippen LogP contribution is -2.17. The Bertz CT molecular complexity index is 1590. The number of hydrogen-bond acceptors (Lipinski definition) is 9. The maximum absolute atomic E-state index is 12.4. The van der Waals surface area contributed by atoms with Gasteiger partial charge in [0.25, 0.3) is 0 Å². The molecule has 44 heavy (non-hydrogen) atoms. The molecule has 1 aromatic heterocycles. The number of esters is 1. The van der Waals surface area contributed by atoms with E-state index in [1.807, 2.05) is 56.3 Å². The highest BCUT2D eigenvalue weighted by Crippen LogP contribution is 2.25. The first-order chi connectivity index (χ1) is 21.1. The van der Waals surface area contributed by atoms with Gasteiger partial charge in [-0.3, -0.25) is 5.43 Å². The van der Waals surface area contributed by atoms with Gasteiger partial charge >= 0.3 is 12.3 Å². The van der Waals surface area contributed by atoms with Crippen LogP contribution in [0.5, 0.6) is 5.75 Å². The minimum atomic E-state index is -4.76. The lowest BCUT2D eigenvalue weighted by molar-refractivity contribution is -0.274. The summed E-state index contributed by atoms with van der Waals surface area (Å²) < 4.78 is 52.9. The maximum Gasteiger partial charge on any atom is 0.573 e. The molecular weight excluding hydrogens is 597 g/mol. The number of para-hydroxylation sites is 1. The highest BCUT2D eigenvalue weighted by Gasteiger charge is 2.31. The molecule has 0 unspecified atom stereocenters. The Labute approximate surface area is 256 Å². The molecular formula is C30H29F3N6O4S. The third-order valence-electron chi connectivity index (χ3n) is 5.86. The van der Waals surface area contributed by atoms with E-state index in [1.165, 1.54) is 47.0 Å². The average Bonchev–Trinajstić information content (AvgIpc) is 3.48. The molecule has 1 heterocycles. The number of carbonyl (C=O) groups excluding carboxylic acids is 1. The zero-order valence-corrected chi connectivity index (χ0v) is 24.9. The lowest BCUT2D eigenvalue weighted by atomic mass is 10.1. The van der Waals surface area contributed by atoms with Crippen molar-refractivity contribution in [3.8, 4) is 22.8 Å². The summed E-state index contributed by atoms with van der Waals surface area (Å²) in [6, 6.07) is 18.5. The molecule has 14 heteroatoms. The largest absolute Gasteiger partial charge is 0.573 e. The number of hydrogen-bond donors (Lipinski definition) is 1. The van der Waals surface area contributed by atoms with E-state index in [4.69, 9.17) is 14.5 Å². The molecule has 0 aliphatic rings. The molecule has 0 aliphatic carbocycles. The fourth-order valence-electron chi connectivity index (χ4n) is 3.75. The van der Waals surface area contributed by atoms with Crippen LogP contribution >= 0.6 is 11.8 Å². The van der Waals surface area contributed by atoms with Gasteiger partial charge in [-0.25, -0.2) is 19.5 Å². The zero-order chi connectivity index (χ0) is 31.5. The monoisotopic (exact) mass is 626 g/mol. The summed E-state index contributed by atoms with van der Waals surface area (Å²) in [7, 11) is 0. The van der Waals surface area contributed by atoms with Gasteiger partial charge in [-0.1, -0.05) is 42.5 Å². The molecule has 10 nitrogen and oxygen atoms in total. The van der Waals surface area contributed by atoms with Crippen molar-refractivity contribution in [2.45, 2.75) is 27.1 Å². The standard InChI is InChI=1S/C30H29F3N6O4S/c1-4-41-17-26(40)42-19-44-29(36-27-20(2)6-5-7-21(27)3)37-35-16-22-8-10-23(11-9-22)28-34-18-39(38-28)24-12-14-25(15-13-24)43-30(31,32)33/h5-16,18H,4,17,19H2,1-3H3,(H,36,37)/b35-16+. The van der Waals surface area contributed by atoms with Gasteiger partial charge in [0.15, 0.2) is 11.0 Å². The third-order valence-corrected chi connectivity index (χ3v) is 6.55. The number of aromatic nitrogens is 3. The number of halogens is 3. The zero-order valence-electron chi connectivity index (χ0n) is 24.0. The fourth-order valence-corrected chi connectivity index (χ4v) is 4.33. The van der Waals surface area contributed by atoms with Crippen LogP contribution in [0.25, 0.3) is 17.1 Å². The van der Waals surface area contributed by atoms with Crippen molar-refractivity contribution in [2.75, 3.05) is 19.2 Å². The molecule has 0 saturated heterocycles. The molecule has 0 fully saturated rings. The van der Waals surface area contributed by atoms with Crippen molar-refractivity contribution in [1.82, 2.24) is 20.2 Å².